The number of likely N-dealkylation sites (tertiary alicyclic amines) is 1. The molecule has 1 unspecified atom stereocenters. The Hall–Kier alpha value is -2.62. The average Bonchev–Trinajstić information content (AvgIpc) is 3.15. The zero-order chi connectivity index (χ0) is 18.4. The molecule has 0 spiro atoms. The van der Waals surface area contributed by atoms with Crippen molar-refractivity contribution in [2.45, 2.75) is 32.7 Å². The highest BCUT2D eigenvalue weighted by Gasteiger charge is 2.28. The molecule has 136 valence electrons. The molecule has 3 rings (SSSR count). The second-order valence-electron chi connectivity index (χ2n) is 6.92. The summed E-state index contributed by atoms with van der Waals surface area (Å²) in [7, 11) is 0. The summed E-state index contributed by atoms with van der Waals surface area (Å²) in [6, 6.07) is 17.7. The molecule has 1 heterocycles. The van der Waals surface area contributed by atoms with Crippen LogP contribution in [0, 0.1) is 5.92 Å². The quantitative estimate of drug-likeness (QED) is 0.868. The Bertz CT molecular complexity index is 740. The Labute approximate surface area is 155 Å². The molecule has 4 nitrogen and oxygen atoms in total. The minimum Gasteiger partial charge on any atom is -0.352 e. The van der Waals surface area contributed by atoms with Gasteiger partial charge in [0.15, 0.2) is 0 Å². The monoisotopic (exact) mass is 350 g/mol. The van der Waals surface area contributed by atoms with Crippen molar-refractivity contribution in [2.75, 3.05) is 13.1 Å². The molecule has 26 heavy (non-hydrogen) atoms. The molecular formula is C22H26N2O2. The summed E-state index contributed by atoms with van der Waals surface area (Å²) in [6.07, 6.45) is 2.33. The van der Waals surface area contributed by atoms with Gasteiger partial charge in [-0.1, -0.05) is 49.4 Å². The normalized spacial score (nSPS) is 16.5. The highest BCUT2D eigenvalue weighted by Crippen LogP contribution is 2.22. The Morgan fingerprint density at radius 3 is 2.46 bits per heavy atom. The molecular weight excluding hydrogens is 324 g/mol. The van der Waals surface area contributed by atoms with Crippen LogP contribution >= 0.6 is 0 Å². The maximum Gasteiger partial charge on any atom is 0.253 e. The van der Waals surface area contributed by atoms with Crippen LogP contribution in [0.5, 0.6) is 0 Å². The zero-order valence-corrected chi connectivity index (χ0v) is 15.3. The number of aryl methyl sites for hydroxylation is 1. The molecule has 1 aliphatic rings. The van der Waals surface area contributed by atoms with E-state index >= 15 is 0 Å². The minimum atomic E-state index is 0.0560. The second kappa shape index (κ2) is 8.65. The Kier molecular flexibility index (Phi) is 6.05. The third-order valence-electron chi connectivity index (χ3n) is 4.99. The van der Waals surface area contributed by atoms with Crippen LogP contribution in [0.25, 0.3) is 0 Å². The molecule has 0 aromatic heterocycles. The summed E-state index contributed by atoms with van der Waals surface area (Å²) in [5.74, 6) is 0.366. The molecule has 1 aliphatic heterocycles. The first-order chi connectivity index (χ1) is 12.7. The van der Waals surface area contributed by atoms with Gasteiger partial charge in [-0.2, -0.15) is 0 Å². The molecule has 2 amide bonds. The standard InChI is InChI=1S/C22H26N2O2/c1-2-17-8-10-20(11-9-17)22(26)24-13-12-19(16-24)14-21(25)23-15-18-6-4-3-5-7-18/h3-11,19H,2,12-16H2,1H3,(H,23,25). The first kappa shape index (κ1) is 18.2. The number of hydrogen-bond acceptors (Lipinski definition) is 2. The van der Waals surface area contributed by atoms with Crippen molar-refractivity contribution < 1.29 is 9.59 Å². The van der Waals surface area contributed by atoms with Crippen molar-refractivity contribution in [3.05, 3.63) is 71.3 Å². The lowest BCUT2D eigenvalue weighted by Gasteiger charge is -2.17. The van der Waals surface area contributed by atoms with Crippen LogP contribution in [0.1, 0.15) is 41.3 Å². The summed E-state index contributed by atoms with van der Waals surface area (Å²) in [5.41, 5.74) is 3.06. The van der Waals surface area contributed by atoms with E-state index in [4.69, 9.17) is 0 Å². The van der Waals surface area contributed by atoms with E-state index in [1.54, 1.807) is 0 Å². The van der Waals surface area contributed by atoms with Gasteiger partial charge in [0.2, 0.25) is 5.91 Å². The summed E-state index contributed by atoms with van der Waals surface area (Å²) >= 11 is 0. The number of nitrogens with one attached hydrogen (secondary N) is 1. The van der Waals surface area contributed by atoms with Gasteiger partial charge in [0.1, 0.15) is 0 Å². The SMILES string of the molecule is CCc1ccc(C(=O)N2CCC(CC(=O)NCc3ccccc3)C2)cc1. The fourth-order valence-electron chi connectivity index (χ4n) is 3.38. The van der Waals surface area contributed by atoms with E-state index in [1.807, 2.05) is 59.5 Å². The Morgan fingerprint density at radius 2 is 1.77 bits per heavy atom. The van der Waals surface area contributed by atoms with Gasteiger partial charge in [0.25, 0.3) is 5.91 Å². The van der Waals surface area contributed by atoms with Gasteiger partial charge in [-0.3, -0.25) is 9.59 Å². The highest BCUT2D eigenvalue weighted by molar-refractivity contribution is 5.94. The van der Waals surface area contributed by atoms with E-state index in [0.29, 0.717) is 19.5 Å². The lowest BCUT2D eigenvalue weighted by molar-refractivity contribution is -0.122. The molecule has 0 bridgehead atoms. The first-order valence-corrected chi connectivity index (χ1v) is 9.34. The van der Waals surface area contributed by atoms with Crippen molar-refractivity contribution in [2.24, 2.45) is 5.92 Å². The van der Waals surface area contributed by atoms with E-state index < -0.39 is 0 Å². The molecule has 1 fully saturated rings. The number of benzene rings is 2. The van der Waals surface area contributed by atoms with E-state index in [2.05, 4.69) is 12.2 Å². The third kappa shape index (κ3) is 4.72. The lowest BCUT2D eigenvalue weighted by Crippen LogP contribution is -2.30. The smallest absolute Gasteiger partial charge is 0.253 e. The number of nitrogens with zero attached hydrogens (tertiary/aromatic N) is 1. The molecule has 4 heteroatoms. The summed E-state index contributed by atoms with van der Waals surface area (Å²) in [5, 5.41) is 2.97. The zero-order valence-electron chi connectivity index (χ0n) is 15.3. The van der Waals surface area contributed by atoms with Gasteiger partial charge < -0.3 is 10.2 Å². The molecule has 2 aromatic carbocycles. The molecule has 0 aliphatic carbocycles. The van der Waals surface area contributed by atoms with Gasteiger partial charge in [-0.05, 0) is 42.0 Å². The number of amides is 2. The molecule has 0 saturated carbocycles. The van der Waals surface area contributed by atoms with Crippen molar-refractivity contribution in [1.29, 1.82) is 0 Å². The number of hydrogen-bond donors (Lipinski definition) is 1. The van der Waals surface area contributed by atoms with Crippen LogP contribution < -0.4 is 5.32 Å². The summed E-state index contributed by atoms with van der Waals surface area (Å²) in [4.78, 5) is 26.7. The minimum absolute atomic E-state index is 0.0560. The first-order valence-electron chi connectivity index (χ1n) is 9.34. The molecule has 0 radical (unpaired) electrons. The third-order valence-corrected chi connectivity index (χ3v) is 4.99. The van der Waals surface area contributed by atoms with Crippen LogP contribution in [-0.2, 0) is 17.8 Å². The van der Waals surface area contributed by atoms with Crippen molar-refractivity contribution in [1.82, 2.24) is 10.2 Å². The molecule has 2 aromatic rings. The van der Waals surface area contributed by atoms with E-state index in [1.165, 1.54) is 5.56 Å². The second-order valence-corrected chi connectivity index (χ2v) is 6.92. The van der Waals surface area contributed by atoms with Gasteiger partial charge >= 0.3 is 0 Å². The largest absolute Gasteiger partial charge is 0.352 e. The molecule has 1 atom stereocenters. The van der Waals surface area contributed by atoms with E-state index in [-0.39, 0.29) is 17.7 Å². The van der Waals surface area contributed by atoms with Gasteiger partial charge in [0.05, 0.1) is 0 Å². The maximum atomic E-state index is 12.6. The lowest BCUT2D eigenvalue weighted by atomic mass is 10.0. The predicted octanol–water partition coefficient (Wildman–Crippen LogP) is 3.42. The van der Waals surface area contributed by atoms with Crippen LogP contribution in [-0.4, -0.2) is 29.8 Å². The maximum absolute atomic E-state index is 12.6. The molecule has 1 saturated heterocycles. The highest BCUT2D eigenvalue weighted by atomic mass is 16.2. The summed E-state index contributed by atoms with van der Waals surface area (Å²) in [6.45, 7) is 4.04. The number of rotatable bonds is 6. The fraction of sp³-hybridized carbons (Fsp3) is 0.364. The van der Waals surface area contributed by atoms with Crippen molar-refractivity contribution in [3.63, 3.8) is 0 Å². The number of carbonyl (C=O) groups is 2. The Balaban J connectivity index is 1.46. The fourth-order valence-corrected chi connectivity index (χ4v) is 3.38. The predicted molar refractivity (Wildman–Crippen MR) is 103 cm³/mol. The van der Waals surface area contributed by atoms with E-state index in [0.717, 1.165) is 30.5 Å². The van der Waals surface area contributed by atoms with Crippen LogP contribution in [0.15, 0.2) is 54.6 Å². The number of carbonyl (C=O) groups excluding carboxylic acids is 2. The van der Waals surface area contributed by atoms with E-state index in [9.17, 15) is 9.59 Å². The topological polar surface area (TPSA) is 49.4 Å². The van der Waals surface area contributed by atoms with Crippen molar-refractivity contribution >= 4 is 11.8 Å². The van der Waals surface area contributed by atoms with Crippen LogP contribution in [0.4, 0.5) is 0 Å². The summed E-state index contributed by atoms with van der Waals surface area (Å²) < 4.78 is 0. The Morgan fingerprint density at radius 1 is 1.04 bits per heavy atom. The van der Waals surface area contributed by atoms with Crippen molar-refractivity contribution in [3.8, 4) is 0 Å². The van der Waals surface area contributed by atoms with Gasteiger partial charge in [-0.15, -0.1) is 0 Å². The van der Waals surface area contributed by atoms with Gasteiger partial charge in [-0.25, -0.2) is 0 Å². The van der Waals surface area contributed by atoms with Crippen LogP contribution in [0.2, 0.25) is 0 Å². The average molecular weight is 350 g/mol. The van der Waals surface area contributed by atoms with Gasteiger partial charge in [0, 0.05) is 31.6 Å². The van der Waals surface area contributed by atoms with Crippen LogP contribution in [0.3, 0.4) is 0 Å². The molecule has 1 N–H and O–H groups in total.